The summed E-state index contributed by atoms with van der Waals surface area (Å²) < 4.78 is 68.5. The normalized spacial score (nSPS) is 23.6. The molecule has 3 N–H and O–H groups in total. The van der Waals surface area contributed by atoms with Crippen LogP contribution >= 0.6 is 11.6 Å². The van der Waals surface area contributed by atoms with Gasteiger partial charge in [0.15, 0.2) is 27.3 Å². The highest BCUT2D eigenvalue weighted by molar-refractivity contribution is 7.92. The molecule has 6 rings (SSSR count). The number of amides is 1. The molecule has 7 nitrogen and oxygen atoms in total. The molecule has 4 atom stereocenters. The van der Waals surface area contributed by atoms with Gasteiger partial charge in [-0.05, 0) is 61.3 Å². The maximum Gasteiger partial charge on any atom is 0.255 e. The topological polar surface area (TPSA) is 112 Å². The van der Waals surface area contributed by atoms with Gasteiger partial charge in [0.1, 0.15) is 11.4 Å². The van der Waals surface area contributed by atoms with Crippen LogP contribution in [0.3, 0.4) is 0 Å². The Morgan fingerprint density at radius 2 is 1.64 bits per heavy atom. The summed E-state index contributed by atoms with van der Waals surface area (Å²) in [5.41, 5.74) is -0.141. The molecule has 42 heavy (non-hydrogen) atoms. The minimum atomic E-state index is -4.07. The first kappa shape index (κ1) is 28.4. The summed E-state index contributed by atoms with van der Waals surface area (Å²) in [5, 5.41) is 13.0. The van der Waals surface area contributed by atoms with Gasteiger partial charge in [-0.3, -0.25) is 4.79 Å². The molecule has 12 heteroatoms. The van der Waals surface area contributed by atoms with Gasteiger partial charge in [-0.2, -0.15) is 0 Å². The highest BCUT2D eigenvalue weighted by Gasteiger charge is 2.55. The number of aromatic nitrogens is 2. The molecule has 0 saturated heterocycles. The highest BCUT2D eigenvalue weighted by atomic mass is 35.5. The van der Waals surface area contributed by atoms with Crippen molar-refractivity contribution in [3.8, 4) is 11.3 Å². The Labute approximate surface area is 244 Å². The van der Waals surface area contributed by atoms with Crippen molar-refractivity contribution in [2.75, 3.05) is 5.32 Å². The Morgan fingerprint density at radius 1 is 1.00 bits per heavy atom. The summed E-state index contributed by atoms with van der Waals surface area (Å²) in [5.74, 6) is -5.89. The summed E-state index contributed by atoms with van der Waals surface area (Å²) in [7, 11) is -4.07. The molecule has 3 aromatic carbocycles. The molecule has 2 aliphatic carbocycles. The lowest BCUT2D eigenvalue weighted by Crippen LogP contribution is -2.45. The van der Waals surface area contributed by atoms with Crippen LogP contribution in [0.5, 0.6) is 0 Å². The molecular weight excluding hydrogens is 591 g/mol. The Balaban J connectivity index is 1.25. The molecular formula is C30H25ClF3N3O4S. The molecule has 0 radical (unpaired) electrons. The minimum absolute atomic E-state index is 0.0795. The first-order chi connectivity index (χ1) is 20.0. The van der Waals surface area contributed by atoms with E-state index in [0.29, 0.717) is 30.8 Å². The lowest BCUT2D eigenvalue weighted by molar-refractivity contribution is -0.0309. The van der Waals surface area contributed by atoms with Gasteiger partial charge in [-0.1, -0.05) is 41.9 Å². The number of carbonyl (C=O) groups is 1. The number of aromatic amines is 1. The molecule has 0 aliphatic heterocycles. The molecule has 2 aliphatic rings. The second kappa shape index (κ2) is 10.6. The predicted molar refractivity (Wildman–Crippen MR) is 150 cm³/mol. The third kappa shape index (κ3) is 4.99. The summed E-state index contributed by atoms with van der Waals surface area (Å²) in [6, 6.07) is 14.4. The zero-order chi connectivity index (χ0) is 29.8. The lowest BCUT2D eigenvalue weighted by atomic mass is 9.76. The second-order valence-corrected chi connectivity index (χ2v) is 13.4. The molecule has 0 spiro atoms. The van der Waals surface area contributed by atoms with E-state index in [0.717, 1.165) is 17.3 Å². The van der Waals surface area contributed by atoms with Gasteiger partial charge in [-0.25, -0.2) is 26.6 Å². The zero-order valence-electron chi connectivity index (χ0n) is 22.0. The number of fused-ring (bicyclic) bond motifs is 2. The number of aliphatic hydroxyl groups is 1. The summed E-state index contributed by atoms with van der Waals surface area (Å²) in [4.78, 5) is 20.2. The van der Waals surface area contributed by atoms with E-state index in [1.165, 1.54) is 12.1 Å². The lowest BCUT2D eigenvalue weighted by Gasteiger charge is -2.39. The highest BCUT2D eigenvalue weighted by Crippen LogP contribution is 2.54. The summed E-state index contributed by atoms with van der Waals surface area (Å²) in [6.45, 7) is 0. The van der Waals surface area contributed by atoms with Gasteiger partial charge in [0.2, 0.25) is 0 Å². The van der Waals surface area contributed by atoms with Gasteiger partial charge in [0.05, 0.1) is 27.1 Å². The quantitative estimate of drug-likeness (QED) is 0.222. The van der Waals surface area contributed by atoms with Crippen LogP contribution in [-0.2, 0) is 15.4 Å². The van der Waals surface area contributed by atoms with Crippen molar-refractivity contribution in [3.63, 3.8) is 0 Å². The number of imidazole rings is 1. The van der Waals surface area contributed by atoms with E-state index in [4.69, 9.17) is 11.6 Å². The Hall–Kier alpha value is -3.67. The fraction of sp³-hybridized carbons (Fsp3) is 0.267. The van der Waals surface area contributed by atoms with Crippen LogP contribution in [0.1, 0.15) is 41.9 Å². The number of nitrogens with zero attached hydrogens (tertiary/aromatic N) is 1. The molecule has 1 aromatic heterocycles. The molecule has 218 valence electrons. The van der Waals surface area contributed by atoms with E-state index in [9.17, 15) is 31.5 Å². The Kier molecular flexibility index (Phi) is 7.15. The summed E-state index contributed by atoms with van der Waals surface area (Å²) >= 11 is 6.34. The molecule has 1 amide bonds. The Bertz CT molecular complexity index is 1760. The van der Waals surface area contributed by atoms with Gasteiger partial charge in [-0.15, -0.1) is 0 Å². The number of hydrogen-bond donors (Lipinski definition) is 3. The number of hydrogen-bond acceptors (Lipinski definition) is 5. The van der Waals surface area contributed by atoms with Crippen LogP contribution in [0, 0.1) is 29.3 Å². The van der Waals surface area contributed by atoms with Crippen LogP contribution in [0.4, 0.5) is 18.9 Å². The maximum absolute atomic E-state index is 14.0. The maximum atomic E-state index is 14.0. The smallest absolute Gasteiger partial charge is 0.255 e. The monoisotopic (exact) mass is 615 g/mol. The first-order valence-corrected chi connectivity index (χ1v) is 15.2. The van der Waals surface area contributed by atoms with Gasteiger partial charge in [0.25, 0.3) is 5.91 Å². The number of sulfone groups is 1. The van der Waals surface area contributed by atoms with Crippen LogP contribution < -0.4 is 5.32 Å². The Morgan fingerprint density at radius 3 is 2.29 bits per heavy atom. The third-order valence-electron chi connectivity index (χ3n) is 8.24. The number of anilines is 1. The third-order valence-corrected chi connectivity index (χ3v) is 11.1. The number of rotatable bonds is 6. The van der Waals surface area contributed by atoms with Gasteiger partial charge < -0.3 is 15.4 Å². The fourth-order valence-corrected chi connectivity index (χ4v) is 9.23. The van der Waals surface area contributed by atoms with Gasteiger partial charge in [0, 0.05) is 23.4 Å². The van der Waals surface area contributed by atoms with E-state index in [1.807, 2.05) is 30.3 Å². The SMILES string of the molecule is O=C(Nc1cc(F)c(F)c(F)c1)c1ccc(Cl)c(S(=O)(=O)C2C3CC[C@@H]2C[C@](O)(c2ncc(-c4ccccc4)[nH]2)C3)c1. The average Bonchev–Trinajstić information content (AvgIpc) is 3.57. The number of benzene rings is 3. The molecule has 1 heterocycles. The van der Waals surface area contributed by atoms with Crippen molar-refractivity contribution in [3.05, 3.63) is 101 Å². The van der Waals surface area contributed by atoms with E-state index in [2.05, 4.69) is 15.3 Å². The van der Waals surface area contributed by atoms with E-state index < -0.39 is 44.0 Å². The molecule has 2 saturated carbocycles. The van der Waals surface area contributed by atoms with Crippen molar-refractivity contribution in [2.24, 2.45) is 11.8 Å². The first-order valence-electron chi connectivity index (χ1n) is 13.3. The van der Waals surface area contributed by atoms with Crippen molar-refractivity contribution >= 4 is 33.0 Å². The van der Waals surface area contributed by atoms with Crippen LogP contribution in [0.2, 0.25) is 5.02 Å². The van der Waals surface area contributed by atoms with Crippen LogP contribution in [0.15, 0.2) is 71.8 Å². The molecule has 2 fully saturated rings. The van der Waals surface area contributed by atoms with Crippen molar-refractivity contribution in [1.29, 1.82) is 0 Å². The zero-order valence-corrected chi connectivity index (χ0v) is 23.5. The number of halogens is 4. The number of nitrogens with one attached hydrogen (secondary N) is 2. The average molecular weight is 616 g/mol. The molecule has 2 unspecified atom stereocenters. The van der Waals surface area contributed by atoms with E-state index >= 15 is 0 Å². The van der Waals surface area contributed by atoms with Crippen molar-refractivity contribution < 1.29 is 31.5 Å². The number of carbonyl (C=O) groups excluding carboxylic acids is 1. The number of H-pyrrole nitrogens is 1. The summed E-state index contributed by atoms with van der Waals surface area (Å²) in [6.07, 6.45) is 3.17. The van der Waals surface area contributed by atoms with Crippen molar-refractivity contribution in [2.45, 2.75) is 41.4 Å². The van der Waals surface area contributed by atoms with E-state index in [-0.39, 0.29) is 45.8 Å². The van der Waals surface area contributed by atoms with Crippen molar-refractivity contribution in [1.82, 2.24) is 9.97 Å². The standard InChI is InChI=1S/C30H25ClF3N3O4S/c31-21-9-8-17(28(38)36-20-11-22(32)26(34)23(33)12-20)10-25(21)42(40,41)27-18-6-7-19(27)14-30(39,13-18)29-35-15-24(37-29)16-4-2-1-3-5-16/h1-5,8-12,15,18-19,27,39H,6-7,13-14H2,(H,35,37)(H,36,38)/t18-,19?,27?,30-/m1/s1. The van der Waals surface area contributed by atoms with Gasteiger partial charge >= 0.3 is 0 Å². The van der Waals surface area contributed by atoms with E-state index in [1.54, 1.807) is 6.20 Å². The fourth-order valence-electron chi connectivity index (χ4n) is 6.39. The molecule has 4 aromatic rings. The second-order valence-electron chi connectivity index (χ2n) is 10.9. The molecule has 2 bridgehead atoms. The predicted octanol–water partition coefficient (Wildman–Crippen LogP) is 6.25. The van der Waals surface area contributed by atoms with Crippen LogP contribution in [-0.4, -0.2) is 34.6 Å². The minimum Gasteiger partial charge on any atom is -0.382 e. The largest absolute Gasteiger partial charge is 0.382 e. The van der Waals surface area contributed by atoms with Crippen LogP contribution in [0.25, 0.3) is 11.3 Å².